The van der Waals surface area contributed by atoms with Crippen molar-refractivity contribution in [1.29, 1.82) is 0 Å². The number of amides is 1. The molecule has 0 saturated heterocycles. The molecule has 0 spiro atoms. The van der Waals surface area contributed by atoms with Crippen LogP contribution in [0.4, 0.5) is 14.6 Å². The number of halogens is 4. The minimum absolute atomic E-state index is 0.0495. The van der Waals surface area contributed by atoms with E-state index >= 15 is 0 Å². The lowest BCUT2D eigenvalue weighted by molar-refractivity contribution is -0.111. The normalized spacial score (nSPS) is 11.3. The van der Waals surface area contributed by atoms with E-state index in [0.717, 1.165) is 11.3 Å². The Kier molecular flexibility index (Phi) is 7.07. The average molecular weight is 452 g/mol. The van der Waals surface area contributed by atoms with E-state index in [1.165, 1.54) is 18.2 Å². The molecule has 0 radical (unpaired) electrons. The van der Waals surface area contributed by atoms with Crippen molar-refractivity contribution in [2.75, 3.05) is 5.32 Å². The summed E-state index contributed by atoms with van der Waals surface area (Å²) in [6.45, 7) is -0.581. The fourth-order valence-electron chi connectivity index (χ4n) is 2.64. The molecule has 0 aliphatic heterocycles. The summed E-state index contributed by atoms with van der Waals surface area (Å²) in [5.41, 5.74) is 2.35. The van der Waals surface area contributed by atoms with Crippen molar-refractivity contribution < 1.29 is 18.3 Å². The zero-order valence-corrected chi connectivity index (χ0v) is 17.3. The third kappa shape index (κ3) is 6.05. The highest BCUT2D eigenvalue weighted by Crippen LogP contribution is 2.22. The number of aryl methyl sites for hydroxylation is 1. The highest BCUT2D eigenvalue weighted by atomic mass is 35.5. The summed E-state index contributed by atoms with van der Waals surface area (Å²) < 4.78 is 30.3. The molecule has 0 aliphatic rings. The Bertz CT molecular complexity index is 1070. The smallest absolute Gasteiger partial charge is 0.387 e. The Balaban J connectivity index is 1.61. The summed E-state index contributed by atoms with van der Waals surface area (Å²) >= 11 is 12.1. The number of nitrogens with zero attached hydrogens (tertiary/aromatic N) is 2. The van der Waals surface area contributed by atoms with Gasteiger partial charge in [0.1, 0.15) is 5.75 Å². The van der Waals surface area contributed by atoms with Crippen LogP contribution in [0.2, 0.25) is 10.0 Å². The number of carbonyl (C=O) groups excluding carboxylic acids is 1. The number of anilines is 1. The van der Waals surface area contributed by atoms with Crippen molar-refractivity contribution in [2.24, 2.45) is 0 Å². The number of hydrogen-bond donors (Lipinski definition) is 1. The van der Waals surface area contributed by atoms with Gasteiger partial charge < -0.3 is 10.1 Å². The number of alkyl halides is 2. The van der Waals surface area contributed by atoms with Gasteiger partial charge in [-0.3, -0.25) is 9.48 Å². The molecular formula is C21H17Cl2F2N3O2. The Morgan fingerprint density at radius 1 is 1.20 bits per heavy atom. The zero-order valence-electron chi connectivity index (χ0n) is 15.8. The van der Waals surface area contributed by atoms with Gasteiger partial charge in [0.15, 0.2) is 5.82 Å². The van der Waals surface area contributed by atoms with Gasteiger partial charge in [0.05, 0.1) is 6.54 Å². The zero-order chi connectivity index (χ0) is 21.7. The number of benzene rings is 2. The summed E-state index contributed by atoms with van der Waals surface area (Å²) in [6, 6.07) is 12.9. The van der Waals surface area contributed by atoms with Crippen LogP contribution in [0, 0.1) is 6.92 Å². The molecule has 30 heavy (non-hydrogen) atoms. The van der Waals surface area contributed by atoms with Gasteiger partial charge in [-0.2, -0.15) is 13.9 Å². The van der Waals surface area contributed by atoms with Crippen molar-refractivity contribution in [2.45, 2.75) is 20.1 Å². The highest BCUT2D eigenvalue weighted by molar-refractivity contribution is 6.35. The number of nitrogens with one attached hydrogen (secondary N) is 1. The summed E-state index contributed by atoms with van der Waals surface area (Å²) in [5, 5.41) is 8.15. The molecule has 1 heterocycles. The predicted octanol–water partition coefficient (Wildman–Crippen LogP) is 5.80. The Morgan fingerprint density at radius 2 is 1.93 bits per heavy atom. The van der Waals surface area contributed by atoms with Crippen LogP contribution in [0.1, 0.15) is 16.8 Å². The van der Waals surface area contributed by atoms with Gasteiger partial charge in [0.2, 0.25) is 5.91 Å². The van der Waals surface area contributed by atoms with Crippen molar-refractivity contribution in [3.05, 3.63) is 81.5 Å². The van der Waals surface area contributed by atoms with Crippen molar-refractivity contribution in [1.82, 2.24) is 9.78 Å². The minimum atomic E-state index is -2.88. The van der Waals surface area contributed by atoms with E-state index in [2.05, 4.69) is 15.2 Å². The molecule has 3 rings (SSSR count). The molecule has 0 unspecified atom stereocenters. The van der Waals surface area contributed by atoms with Gasteiger partial charge in [0.25, 0.3) is 0 Å². The quantitative estimate of drug-likeness (QED) is 0.461. The molecule has 156 valence electrons. The lowest BCUT2D eigenvalue weighted by Gasteiger charge is -2.07. The molecule has 9 heteroatoms. The summed E-state index contributed by atoms with van der Waals surface area (Å²) in [5.74, 6) is 0.0680. The van der Waals surface area contributed by atoms with E-state index in [1.54, 1.807) is 41.1 Å². The second kappa shape index (κ2) is 9.73. The van der Waals surface area contributed by atoms with Crippen LogP contribution in [-0.2, 0) is 11.3 Å². The van der Waals surface area contributed by atoms with Gasteiger partial charge in [-0.05, 0) is 48.4 Å². The van der Waals surface area contributed by atoms with E-state index in [1.807, 2.05) is 13.0 Å². The molecule has 2 aromatic carbocycles. The summed E-state index contributed by atoms with van der Waals surface area (Å²) in [6.07, 6.45) is 2.88. The maximum atomic E-state index is 12.2. The maximum Gasteiger partial charge on any atom is 0.387 e. The van der Waals surface area contributed by atoms with Gasteiger partial charge in [0, 0.05) is 27.9 Å². The van der Waals surface area contributed by atoms with E-state index in [0.29, 0.717) is 28.0 Å². The van der Waals surface area contributed by atoms with Crippen LogP contribution in [0.5, 0.6) is 5.75 Å². The molecule has 1 aromatic heterocycles. The fraction of sp³-hybridized carbons (Fsp3) is 0.143. The van der Waals surface area contributed by atoms with Gasteiger partial charge in [-0.15, -0.1) is 0 Å². The van der Waals surface area contributed by atoms with E-state index < -0.39 is 6.61 Å². The lowest BCUT2D eigenvalue weighted by atomic mass is 10.2. The second-order valence-electron chi connectivity index (χ2n) is 6.33. The molecule has 1 N–H and O–H groups in total. The standard InChI is InChI=1S/C21H17Cl2F2N3O2/c1-13-10-19(27-28(13)12-15-5-6-16(22)11-18(15)23)26-20(29)9-4-14-2-7-17(8-3-14)30-21(24)25/h2-11,21H,12H2,1H3,(H,26,27,29)/b9-4-. The van der Waals surface area contributed by atoms with Crippen LogP contribution in [0.3, 0.4) is 0 Å². The maximum absolute atomic E-state index is 12.2. The number of ether oxygens (including phenoxy) is 1. The number of hydrogen-bond acceptors (Lipinski definition) is 3. The molecule has 1 amide bonds. The number of rotatable bonds is 7. The highest BCUT2D eigenvalue weighted by Gasteiger charge is 2.09. The van der Waals surface area contributed by atoms with Crippen LogP contribution in [-0.4, -0.2) is 22.3 Å². The molecule has 3 aromatic rings. The topological polar surface area (TPSA) is 56.1 Å². The first-order valence-electron chi connectivity index (χ1n) is 8.82. The second-order valence-corrected chi connectivity index (χ2v) is 7.18. The SMILES string of the molecule is Cc1cc(NC(=O)/C=C\c2ccc(OC(F)F)cc2)nn1Cc1ccc(Cl)cc1Cl. The molecule has 0 fully saturated rings. The van der Waals surface area contributed by atoms with Gasteiger partial charge >= 0.3 is 6.61 Å². The van der Waals surface area contributed by atoms with Gasteiger partial charge in [-0.1, -0.05) is 41.4 Å². The summed E-state index contributed by atoms with van der Waals surface area (Å²) in [7, 11) is 0. The van der Waals surface area contributed by atoms with E-state index in [9.17, 15) is 13.6 Å². The van der Waals surface area contributed by atoms with Crippen LogP contribution < -0.4 is 10.1 Å². The van der Waals surface area contributed by atoms with Gasteiger partial charge in [-0.25, -0.2) is 0 Å². The van der Waals surface area contributed by atoms with E-state index in [-0.39, 0.29) is 11.7 Å². The first-order chi connectivity index (χ1) is 14.3. The molecular weight excluding hydrogens is 435 g/mol. The minimum Gasteiger partial charge on any atom is -0.435 e. The molecule has 5 nitrogen and oxygen atoms in total. The van der Waals surface area contributed by atoms with Crippen LogP contribution in [0.15, 0.2) is 54.6 Å². The van der Waals surface area contributed by atoms with Crippen LogP contribution in [0.25, 0.3) is 6.08 Å². The molecule has 0 atom stereocenters. The molecule has 0 bridgehead atoms. The Morgan fingerprint density at radius 3 is 2.60 bits per heavy atom. The predicted molar refractivity (Wildman–Crippen MR) is 113 cm³/mol. The first kappa shape index (κ1) is 21.8. The fourth-order valence-corrected chi connectivity index (χ4v) is 3.11. The average Bonchev–Trinajstić information content (AvgIpc) is 3.02. The lowest BCUT2D eigenvalue weighted by Crippen LogP contribution is -2.09. The first-order valence-corrected chi connectivity index (χ1v) is 9.58. The van der Waals surface area contributed by atoms with Crippen LogP contribution >= 0.6 is 23.2 Å². The third-order valence-electron chi connectivity index (χ3n) is 4.10. The van der Waals surface area contributed by atoms with E-state index in [4.69, 9.17) is 23.2 Å². The monoisotopic (exact) mass is 451 g/mol. The largest absolute Gasteiger partial charge is 0.435 e. The Hall–Kier alpha value is -2.90. The molecule has 0 aliphatic carbocycles. The molecule has 0 saturated carbocycles. The Labute approximate surface area is 181 Å². The number of carbonyl (C=O) groups is 1. The third-order valence-corrected chi connectivity index (χ3v) is 4.69. The summed E-state index contributed by atoms with van der Waals surface area (Å²) in [4.78, 5) is 12.2. The number of aromatic nitrogens is 2. The van der Waals surface area contributed by atoms with Crippen molar-refractivity contribution in [3.8, 4) is 5.75 Å². The van der Waals surface area contributed by atoms with Crippen molar-refractivity contribution in [3.63, 3.8) is 0 Å². The van der Waals surface area contributed by atoms with Crippen molar-refractivity contribution >= 4 is 41.0 Å².